The molecule has 3 rings (SSSR count). The van der Waals surface area contributed by atoms with Crippen LogP contribution in [0.3, 0.4) is 0 Å². The Morgan fingerprint density at radius 2 is 2.04 bits per heavy atom. The van der Waals surface area contributed by atoms with Gasteiger partial charge in [-0.05, 0) is 36.4 Å². The third kappa shape index (κ3) is 3.02. The van der Waals surface area contributed by atoms with E-state index in [0.29, 0.717) is 5.69 Å². The van der Waals surface area contributed by atoms with E-state index in [2.05, 4.69) is 19.7 Å². The molecule has 1 heterocycles. The van der Waals surface area contributed by atoms with E-state index in [4.69, 9.17) is 0 Å². The number of methoxy groups -OCH3 is 1. The summed E-state index contributed by atoms with van der Waals surface area (Å²) in [7, 11) is -2.58. The molecule has 0 amide bonds. The number of nitrogens with one attached hydrogen (secondary N) is 2. The van der Waals surface area contributed by atoms with Gasteiger partial charge in [-0.1, -0.05) is 6.07 Å². The van der Waals surface area contributed by atoms with Crippen molar-refractivity contribution in [3.05, 3.63) is 54.2 Å². The Labute approximate surface area is 132 Å². The molecule has 0 unspecified atom stereocenters. The third-order valence-corrected chi connectivity index (χ3v) is 4.64. The SMILES string of the molecule is COC(=O)c1cccc(S(=O)(=O)Nc2ccc3[nH]ncc3c2)c1. The fraction of sp³-hybridized carbons (Fsp3) is 0.0667. The van der Waals surface area contributed by atoms with Crippen molar-refractivity contribution in [2.45, 2.75) is 4.90 Å². The van der Waals surface area contributed by atoms with Gasteiger partial charge < -0.3 is 4.74 Å². The van der Waals surface area contributed by atoms with Crippen LogP contribution in [0.1, 0.15) is 10.4 Å². The Morgan fingerprint density at radius 3 is 2.83 bits per heavy atom. The molecule has 3 aromatic rings. The highest BCUT2D eigenvalue weighted by molar-refractivity contribution is 7.92. The number of H-pyrrole nitrogens is 1. The molecular weight excluding hydrogens is 318 g/mol. The quantitative estimate of drug-likeness (QED) is 0.713. The molecule has 118 valence electrons. The fourth-order valence-electron chi connectivity index (χ4n) is 2.13. The van der Waals surface area contributed by atoms with Gasteiger partial charge in [-0.15, -0.1) is 0 Å². The van der Waals surface area contributed by atoms with Crippen LogP contribution in [-0.4, -0.2) is 31.7 Å². The maximum absolute atomic E-state index is 12.5. The molecule has 0 aliphatic carbocycles. The first-order valence-electron chi connectivity index (χ1n) is 6.64. The Hall–Kier alpha value is -2.87. The van der Waals surface area contributed by atoms with Gasteiger partial charge in [0.25, 0.3) is 10.0 Å². The van der Waals surface area contributed by atoms with E-state index in [-0.39, 0.29) is 10.5 Å². The first-order chi connectivity index (χ1) is 11.0. The molecule has 0 radical (unpaired) electrons. The van der Waals surface area contributed by atoms with E-state index in [9.17, 15) is 13.2 Å². The molecule has 0 aliphatic heterocycles. The molecule has 0 aliphatic rings. The second-order valence-corrected chi connectivity index (χ2v) is 6.48. The summed E-state index contributed by atoms with van der Waals surface area (Å²) >= 11 is 0. The summed E-state index contributed by atoms with van der Waals surface area (Å²) in [6, 6.07) is 10.7. The van der Waals surface area contributed by atoms with Gasteiger partial charge in [0.2, 0.25) is 0 Å². The van der Waals surface area contributed by atoms with E-state index in [1.165, 1.54) is 31.4 Å². The van der Waals surface area contributed by atoms with Crippen molar-refractivity contribution < 1.29 is 17.9 Å². The Bertz CT molecular complexity index is 979. The Balaban J connectivity index is 1.93. The Morgan fingerprint density at radius 1 is 1.22 bits per heavy atom. The monoisotopic (exact) mass is 331 g/mol. The molecule has 0 saturated heterocycles. The second kappa shape index (κ2) is 5.73. The molecule has 8 heteroatoms. The predicted molar refractivity (Wildman–Crippen MR) is 84.7 cm³/mol. The van der Waals surface area contributed by atoms with Crippen LogP contribution >= 0.6 is 0 Å². The van der Waals surface area contributed by atoms with E-state index in [1.807, 2.05) is 0 Å². The summed E-state index contributed by atoms with van der Waals surface area (Å²) in [6.45, 7) is 0. The van der Waals surface area contributed by atoms with E-state index in [1.54, 1.807) is 24.4 Å². The van der Waals surface area contributed by atoms with E-state index in [0.717, 1.165) is 10.9 Å². The molecule has 1 aromatic heterocycles. The van der Waals surface area contributed by atoms with Crippen molar-refractivity contribution in [3.8, 4) is 0 Å². The van der Waals surface area contributed by atoms with Gasteiger partial charge in [0.05, 0.1) is 29.3 Å². The highest BCUT2D eigenvalue weighted by Crippen LogP contribution is 2.21. The molecule has 0 fully saturated rings. The van der Waals surface area contributed by atoms with Gasteiger partial charge in [-0.25, -0.2) is 13.2 Å². The summed E-state index contributed by atoms with van der Waals surface area (Å²) in [4.78, 5) is 11.5. The van der Waals surface area contributed by atoms with Crippen molar-refractivity contribution in [2.75, 3.05) is 11.8 Å². The van der Waals surface area contributed by atoms with Crippen LogP contribution in [0.5, 0.6) is 0 Å². The zero-order valence-electron chi connectivity index (χ0n) is 12.1. The number of fused-ring (bicyclic) bond motifs is 1. The number of aromatic nitrogens is 2. The molecule has 2 N–H and O–H groups in total. The van der Waals surface area contributed by atoms with Crippen LogP contribution in [-0.2, 0) is 14.8 Å². The maximum atomic E-state index is 12.5. The second-order valence-electron chi connectivity index (χ2n) is 4.80. The standard InChI is InChI=1S/C15H13N3O4S/c1-22-15(19)10-3-2-4-13(8-10)23(20,21)18-12-5-6-14-11(7-12)9-16-17-14/h2-9,18H,1H3,(H,16,17). The van der Waals surface area contributed by atoms with Gasteiger partial charge in [-0.3, -0.25) is 9.82 Å². The zero-order valence-corrected chi connectivity index (χ0v) is 12.9. The summed E-state index contributed by atoms with van der Waals surface area (Å²) in [5.74, 6) is -0.595. The molecule has 0 spiro atoms. The van der Waals surface area contributed by atoms with Crippen LogP contribution in [0.25, 0.3) is 10.9 Å². The smallest absolute Gasteiger partial charge is 0.337 e. The normalized spacial score (nSPS) is 11.3. The van der Waals surface area contributed by atoms with Crippen LogP contribution in [0.2, 0.25) is 0 Å². The topological polar surface area (TPSA) is 101 Å². The summed E-state index contributed by atoms with van der Waals surface area (Å²) in [5, 5.41) is 7.46. The lowest BCUT2D eigenvalue weighted by Crippen LogP contribution is -2.14. The number of aromatic amines is 1. The van der Waals surface area contributed by atoms with Crippen LogP contribution in [0.15, 0.2) is 53.6 Å². The van der Waals surface area contributed by atoms with Gasteiger partial charge in [0.1, 0.15) is 0 Å². The molecule has 23 heavy (non-hydrogen) atoms. The number of hydrogen-bond donors (Lipinski definition) is 2. The largest absolute Gasteiger partial charge is 0.465 e. The first-order valence-corrected chi connectivity index (χ1v) is 8.12. The van der Waals surface area contributed by atoms with Crippen LogP contribution in [0.4, 0.5) is 5.69 Å². The summed E-state index contributed by atoms with van der Waals surface area (Å²) in [5.41, 5.74) is 1.38. The lowest BCUT2D eigenvalue weighted by atomic mass is 10.2. The fourth-order valence-corrected chi connectivity index (χ4v) is 3.22. The minimum atomic E-state index is -3.82. The molecular formula is C15H13N3O4S. The average molecular weight is 331 g/mol. The number of rotatable bonds is 4. The lowest BCUT2D eigenvalue weighted by molar-refractivity contribution is 0.0600. The van der Waals surface area contributed by atoms with Crippen LogP contribution in [0, 0.1) is 0 Å². The Kier molecular flexibility index (Phi) is 3.75. The number of ether oxygens (including phenoxy) is 1. The van der Waals surface area contributed by atoms with Gasteiger partial charge in [0.15, 0.2) is 0 Å². The number of hydrogen-bond acceptors (Lipinski definition) is 5. The number of carbonyl (C=O) groups excluding carboxylic acids is 1. The summed E-state index contributed by atoms with van der Waals surface area (Å²) < 4.78 is 32.0. The number of nitrogens with zero attached hydrogens (tertiary/aromatic N) is 1. The highest BCUT2D eigenvalue weighted by Gasteiger charge is 2.17. The van der Waals surface area contributed by atoms with Gasteiger partial charge >= 0.3 is 5.97 Å². The van der Waals surface area contributed by atoms with Crippen molar-refractivity contribution in [1.29, 1.82) is 0 Å². The number of carbonyl (C=O) groups is 1. The zero-order chi connectivity index (χ0) is 16.4. The number of esters is 1. The maximum Gasteiger partial charge on any atom is 0.337 e. The molecule has 0 atom stereocenters. The number of anilines is 1. The molecule has 7 nitrogen and oxygen atoms in total. The highest BCUT2D eigenvalue weighted by atomic mass is 32.2. The van der Waals surface area contributed by atoms with Crippen molar-refractivity contribution in [2.24, 2.45) is 0 Å². The van der Waals surface area contributed by atoms with Crippen molar-refractivity contribution in [1.82, 2.24) is 10.2 Å². The first kappa shape index (κ1) is 15.0. The number of benzene rings is 2. The third-order valence-electron chi connectivity index (χ3n) is 3.26. The van der Waals surface area contributed by atoms with E-state index < -0.39 is 16.0 Å². The minimum absolute atomic E-state index is 0.0207. The van der Waals surface area contributed by atoms with Crippen molar-refractivity contribution in [3.63, 3.8) is 0 Å². The van der Waals surface area contributed by atoms with E-state index >= 15 is 0 Å². The van der Waals surface area contributed by atoms with Gasteiger partial charge in [0, 0.05) is 11.1 Å². The molecule has 2 aromatic carbocycles. The average Bonchev–Trinajstić information content (AvgIpc) is 3.01. The predicted octanol–water partition coefficient (Wildman–Crippen LogP) is 2.15. The summed E-state index contributed by atoms with van der Waals surface area (Å²) in [6.07, 6.45) is 1.60. The minimum Gasteiger partial charge on any atom is -0.465 e. The molecule has 0 saturated carbocycles. The van der Waals surface area contributed by atoms with Gasteiger partial charge in [-0.2, -0.15) is 5.10 Å². The number of sulfonamides is 1. The molecule has 0 bridgehead atoms. The lowest BCUT2D eigenvalue weighted by Gasteiger charge is -2.09. The van der Waals surface area contributed by atoms with Crippen molar-refractivity contribution >= 4 is 32.6 Å². The van der Waals surface area contributed by atoms with Crippen LogP contribution < -0.4 is 4.72 Å².